The van der Waals surface area contributed by atoms with Gasteiger partial charge in [-0.05, 0) is 66.4 Å². The van der Waals surface area contributed by atoms with E-state index in [1.165, 1.54) is 11.1 Å². The predicted octanol–water partition coefficient (Wildman–Crippen LogP) is 4.36. The Balaban J connectivity index is 1.75. The Kier molecular flexibility index (Phi) is 5.87. The SMILES string of the molecule is Cc1c(Br)c(Cl)cc2c1COC[C@H]1CN(C(=O)OC(C)(C)C)CCN1C2. The number of hydrogen-bond donors (Lipinski definition) is 0. The lowest BCUT2D eigenvalue weighted by Crippen LogP contribution is -2.57. The van der Waals surface area contributed by atoms with Gasteiger partial charge in [0.25, 0.3) is 0 Å². The molecule has 144 valence electrons. The predicted molar refractivity (Wildman–Crippen MR) is 106 cm³/mol. The maximum Gasteiger partial charge on any atom is 0.410 e. The first-order valence-electron chi connectivity index (χ1n) is 8.92. The van der Waals surface area contributed by atoms with Crippen molar-refractivity contribution in [3.63, 3.8) is 0 Å². The van der Waals surface area contributed by atoms with Gasteiger partial charge in [0.1, 0.15) is 5.60 Å². The maximum atomic E-state index is 12.4. The highest BCUT2D eigenvalue weighted by molar-refractivity contribution is 9.10. The molecule has 0 aromatic heterocycles. The molecule has 1 atom stereocenters. The third-order valence-corrected chi connectivity index (χ3v) is 6.41. The Morgan fingerprint density at radius 3 is 2.81 bits per heavy atom. The monoisotopic (exact) mass is 444 g/mol. The molecule has 0 unspecified atom stereocenters. The Bertz CT molecular complexity index is 705. The fourth-order valence-corrected chi connectivity index (χ4v) is 4.09. The van der Waals surface area contributed by atoms with Gasteiger partial charge in [0.05, 0.1) is 24.3 Å². The van der Waals surface area contributed by atoms with E-state index in [2.05, 4.69) is 27.8 Å². The average molecular weight is 446 g/mol. The zero-order valence-electron chi connectivity index (χ0n) is 15.8. The van der Waals surface area contributed by atoms with Crippen LogP contribution in [-0.4, -0.2) is 53.8 Å². The van der Waals surface area contributed by atoms with Crippen LogP contribution in [0.5, 0.6) is 0 Å². The number of carbonyl (C=O) groups is 1. The molecule has 1 aromatic rings. The molecule has 0 aliphatic carbocycles. The first kappa shape index (κ1) is 19.9. The van der Waals surface area contributed by atoms with Gasteiger partial charge >= 0.3 is 6.09 Å². The highest BCUT2D eigenvalue weighted by atomic mass is 79.9. The number of benzene rings is 1. The van der Waals surface area contributed by atoms with E-state index in [1.807, 2.05) is 26.8 Å². The van der Waals surface area contributed by atoms with Gasteiger partial charge < -0.3 is 14.4 Å². The largest absolute Gasteiger partial charge is 0.444 e. The summed E-state index contributed by atoms with van der Waals surface area (Å²) in [7, 11) is 0. The molecular formula is C19H26BrClN2O3. The van der Waals surface area contributed by atoms with Crippen LogP contribution in [0.15, 0.2) is 10.5 Å². The average Bonchev–Trinajstić information content (AvgIpc) is 2.53. The van der Waals surface area contributed by atoms with Crippen LogP contribution in [0.2, 0.25) is 5.02 Å². The number of fused-ring (bicyclic) bond motifs is 2. The van der Waals surface area contributed by atoms with Gasteiger partial charge in [-0.25, -0.2) is 4.79 Å². The van der Waals surface area contributed by atoms with E-state index in [-0.39, 0.29) is 12.1 Å². The number of halogens is 2. The summed E-state index contributed by atoms with van der Waals surface area (Å²) >= 11 is 9.93. The lowest BCUT2D eigenvalue weighted by molar-refractivity contribution is -0.0235. The smallest absolute Gasteiger partial charge is 0.410 e. The first-order valence-corrected chi connectivity index (χ1v) is 10.1. The molecule has 0 bridgehead atoms. The molecule has 26 heavy (non-hydrogen) atoms. The van der Waals surface area contributed by atoms with Crippen LogP contribution in [0, 0.1) is 6.92 Å². The fraction of sp³-hybridized carbons (Fsp3) is 0.632. The minimum atomic E-state index is -0.480. The van der Waals surface area contributed by atoms with E-state index in [9.17, 15) is 4.79 Å². The van der Waals surface area contributed by atoms with Crippen LogP contribution in [0.3, 0.4) is 0 Å². The summed E-state index contributed by atoms with van der Waals surface area (Å²) in [5, 5.41) is 0.728. The minimum absolute atomic E-state index is 0.159. The zero-order valence-corrected chi connectivity index (χ0v) is 18.1. The van der Waals surface area contributed by atoms with Crippen LogP contribution < -0.4 is 0 Å². The Labute approximate surface area is 168 Å². The number of hydrogen-bond acceptors (Lipinski definition) is 4. The molecule has 2 aliphatic rings. The van der Waals surface area contributed by atoms with Crippen molar-refractivity contribution >= 4 is 33.6 Å². The summed E-state index contributed by atoms with van der Waals surface area (Å²) in [6.45, 7) is 11.8. The second kappa shape index (κ2) is 7.66. The van der Waals surface area contributed by atoms with E-state index < -0.39 is 5.60 Å². The molecule has 1 aromatic carbocycles. The van der Waals surface area contributed by atoms with Crippen molar-refractivity contribution in [3.8, 4) is 0 Å². The van der Waals surface area contributed by atoms with Crippen molar-refractivity contribution in [1.82, 2.24) is 9.80 Å². The normalized spacial score (nSPS) is 21.5. The molecule has 0 N–H and O–H groups in total. The molecule has 1 fully saturated rings. The van der Waals surface area contributed by atoms with Crippen LogP contribution in [0.4, 0.5) is 4.79 Å². The van der Waals surface area contributed by atoms with Crippen molar-refractivity contribution in [2.45, 2.75) is 52.5 Å². The van der Waals surface area contributed by atoms with Gasteiger partial charge in [-0.2, -0.15) is 0 Å². The number of rotatable bonds is 0. The van der Waals surface area contributed by atoms with Crippen molar-refractivity contribution in [1.29, 1.82) is 0 Å². The van der Waals surface area contributed by atoms with Crippen LogP contribution in [0.25, 0.3) is 0 Å². The van der Waals surface area contributed by atoms with Crippen LogP contribution in [0.1, 0.15) is 37.5 Å². The van der Waals surface area contributed by atoms with E-state index in [4.69, 9.17) is 21.1 Å². The molecule has 0 saturated carbocycles. The molecular weight excluding hydrogens is 420 g/mol. The highest BCUT2D eigenvalue weighted by Crippen LogP contribution is 2.34. The standard InChI is InChI=1S/C19H26BrClN2O3/c1-12-15-11-25-10-14-9-23(18(24)26-19(2,3)4)6-5-22(14)8-13(15)7-16(21)17(12)20/h7,14H,5-6,8-11H2,1-4H3/t14-/m1/s1. The molecule has 0 spiro atoms. The summed E-state index contributed by atoms with van der Waals surface area (Å²) in [6.07, 6.45) is -0.248. The van der Waals surface area contributed by atoms with Crippen molar-refractivity contribution in [3.05, 3.63) is 32.3 Å². The quantitative estimate of drug-likeness (QED) is 0.595. The van der Waals surface area contributed by atoms with Gasteiger partial charge in [0.15, 0.2) is 0 Å². The minimum Gasteiger partial charge on any atom is -0.444 e. The van der Waals surface area contributed by atoms with Gasteiger partial charge in [-0.3, -0.25) is 4.90 Å². The summed E-state index contributed by atoms with van der Waals surface area (Å²) in [5.41, 5.74) is 3.06. The number of ether oxygens (including phenoxy) is 2. The zero-order chi connectivity index (χ0) is 19.1. The third-order valence-electron chi connectivity index (χ3n) is 4.87. The van der Waals surface area contributed by atoms with Gasteiger partial charge in [-0.15, -0.1) is 0 Å². The summed E-state index contributed by atoms with van der Waals surface area (Å²) in [4.78, 5) is 16.6. The summed E-state index contributed by atoms with van der Waals surface area (Å²) in [6, 6.07) is 2.19. The Morgan fingerprint density at radius 2 is 2.12 bits per heavy atom. The van der Waals surface area contributed by atoms with Gasteiger partial charge in [-0.1, -0.05) is 11.6 Å². The van der Waals surface area contributed by atoms with E-state index >= 15 is 0 Å². The summed E-state index contributed by atoms with van der Waals surface area (Å²) < 4.78 is 12.4. The van der Waals surface area contributed by atoms with Crippen LogP contribution in [-0.2, 0) is 22.6 Å². The lowest BCUT2D eigenvalue weighted by Gasteiger charge is -2.42. The fourth-order valence-electron chi connectivity index (χ4n) is 3.47. The lowest BCUT2D eigenvalue weighted by atomic mass is 10.00. The Hall–Kier alpha value is -0.820. The second-order valence-corrected chi connectivity index (χ2v) is 9.20. The number of nitrogens with zero attached hydrogens (tertiary/aromatic N) is 2. The second-order valence-electron chi connectivity index (χ2n) is 8.00. The molecule has 1 saturated heterocycles. The maximum absolute atomic E-state index is 12.4. The van der Waals surface area contributed by atoms with Gasteiger partial charge in [0, 0.05) is 30.7 Å². The van der Waals surface area contributed by atoms with Crippen LogP contribution >= 0.6 is 27.5 Å². The molecule has 2 aliphatic heterocycles. The van der Waals surface area contributed by atoms with Crippen molar-refractivity contribution in [2.24, 2.45) is 0 Å². The van der Waals surface area contributed by atoms with E-state index in [0.29, 0.717) is 26.3 Å². The third kappa shape index (κ3) is 4.35. The number of carbonyl (C=O) groups excluding carboxylic acids is 1. The van der Waals surface area contributed by atoms with E-state index in [1.54, 1.807) is 4.90 Å². The number of amides is 1. The van der Waals surface area contributed by atoms with Crippen molar-refractivity contribution in [2.75, 3.05) is 26.2 Å². The molecule has 2 heterocycles. The van der Waals surface area contributed by atoms with Crippen molar-refractivity contribution < 1.29 is 14.3 Å². The summed E-state index contributed by atoms with van der Waals surface area (Å²) in [5.74, 6) is 0. The number of piperazine rings is 1. The topological polar surface area (TPSA) is 42.0 Å². The van der Waals surface area contributed by atoms with Gasteiger partial charge in [0.2, 0.25) is 0 Å². The van der Waals surface area contributed by atoms with E-state index in [0.717, 1.165) is 28.1 Å². The highest BCUT2D eigenvalue weighted by Gasteiger charge is 2.33. The molecule has 7 heteroatoms. The molecule has 5 nitrogen and oxygen atoms in total. The molecule has 3 rings (SSSR count). The Morgan fingerprint density at radius 1 is 1.38 bits per heavy atom. The molecule has 0 radical (unpaired) electrons. The molecule has 1 amide bonds. The first-order chi connectivity index (χ1) is 12.2.